The standard InChI is InChI=1S/C73H53N3O/c1-48-15-10-31-70-72(48)66-25-4-8-30-69(66)76(70)60-21-13-18-54(47-60)51-37-43-58(44-38-51)74(56-39-33-49(34-40-56)52-16-11-19-55(45-52)61-26-14-27-65-64-24-5-9-32-71(64)77-73(61)65)57-41-35-50(36-42-57)53-17-12-20-59(46-53)75-67-28-6-2-22-62(67)63-23-3-7-29-68(63)75/h2,4-10,12-15,17-22,24-47H,3,11,16,23H2,1H3. The van der Waals surface area contributed by atoms with Gasteiger partial charge in [-0.2, -0.15) is 0 Å². The smallest absolute Gasteiger partial charge is 0.143 e. The van der Waals surface area contributed by atoms with Crippen molar-refractivity contribution >= 4 is 88.9 Å². The Morgan fingerprint density at radius 2 is 1.01 bits per heavy atom. The molecule has 0 unspecified atom stereocenters. The number of allylic oxidation sites excluding steroid dienone is 5. The van der Waals surface area contributed by atoms with Gasteiger partial charge in [0.15, 0.2) is 0 Å². The highest BCUT2D eigenvalue weighted by Crippen LogP contribution is 2.42. The van der Waals surface area contributed by atoms with Crippen LogP contribution in [0, 0.1) is 6.92 Å². The summed E-state index contributed by atoms with van der Waals surface area (Å²) < 4.78 is 11.3. The Bertz CT molecular complexity index is 4560. The molecule has 0 N–H and O–H groups in total. The molecule has 0 saturated carbocycles. The van der Waals surface area contributed by atoms with Crippen molar-refractivity contribution in [2.45, 2.75) is 32.6 Å². The monoisotopic (exact) mass is 987 g/mol. The van der Waals surface area contributed by atoms with Gasteiger partial charge in [-0.25, -0.2) is 0 Å². The largest absolute Gasteiger partial charge is 0.455 e. The van der Waals surface area contributed by atoms with Gasteiger partial charge in [0.2, 0.25) is 0 Å². The molecule has 0 fully saturated rings. The van der Waals surface area contributed by atoms with Gasteiger partial charge in [0.05, 0.1) is 16.6 Å². The van der Waals surface area contributed by atoms with E-state index in [9.17, 15) is 0 Å². The van der Waals surface area contributed by atoms with Gasteiger partial charge in [-0.05, 0) is 174 Å². The fraction of sp³-hybridized carbons (Fsp3) is 0.0685. The van der Waals surface area contributed by atoms with Gasteiger partial charge in [-0.3, -0.25) is 0 Å². The number of furan rings is 1. The highest BCUT2D eigenvalue weighted by molar-refractivity contribution is 6.11. The molecule has 0 bridgehead atoms. The minimum Gasteiger partial charge on any atom is -0.455 e. The lowest BCUT2D eigenvalue weighted by atomic mass is 9.90. The van der Waals surface area contributed by atoms with Crippen molar-refractivity contribution in [3.05, 3.63) is 277 Å². The van der Waals surface area contributed by atoms with E-state index in [0.29, 0.717) is 0 Å². The molecule has 2 aliphatic carbocycles. The van der Waals surface area contributed by atoms with Gasteiger partial charge >= 0.3 is 0 Å². The second kappa shape index (κ2) is 18.3. The lowest BCUT2D eigenvalue weighted by Gasteiger charge is -2.26. The molecule has 0 saturated heterocycles. The maximum absolute atomic E-state index is 6.49. The number of nitrogens with zero attached hydrogens (tertiary/aromatic N) is 3. The van der Waals surface area contributed by atoms with E-state index in [0.717, 1.165) is 81.5 Å². The van der Waals surface area contributed by atoms with Crippen molar-refractivity contribution in [1.82, 2.24) is 9.13 Å². The summed E-state index contributed by atoms with van der Waals surface area (Å²) in [6, 6.07) is 84.4. The molecule has 0 spiro atoms. The Balaban J connectivity index is 0.787. The molecule has 13 aromatic rings. The Labute approximate surface area is 448 Å². The normalized spacial score (nSPS) is 13.4. The lowest BCUT2D eigenvalue weighted by molar-refractivity contribution is 0.667. The number of para-hydroxylation sites is 4. The highest BCUT2D eigenvalue weighted by atomic mass is 16.3. The average molecular weight is 988 g/mol. The maximum atomic E-state index is 6.49. The number of hydrogen-bond donors (Lipinski definition) is 0. The topological polar surface area (TPSA) is 26.2 Å². The molecule has 10 aromatic carbocycles. The Hall–Kier alpha value is -9.64. The van der Waals surface area contributed by atoms with Crippen molar-refractivity contribution in [2.24, 2.45) is 0 Å². The minimum absolute atomic E-state index is 0.923. The molecule has 0 atom stereocenters. The van der Waals surface area contributed by atoms with Crippen molar-refractivity contribution in [3.63, 3.8) is 0 Å². The first-order valence-corrected chi connectivity index (χ1v) is 27.0. The van der Waals surface area contributed by atoms with Gasteiger partial charge in [-0.15, -0.1) is 0 Å². The number of aryl methyl sites for hydroxylation is 2. The SMILES string of the molecule is Cc1cccc2c1c1ccccc1n2-c1cccc(-c2ccc(N(c3ccc(C4=CC(c5cccc6c5oc5ccccc56)=CCC4)cc3)c3ccc(-c4cccc(-n5c6c(c7ccccc75)CCC=C6)c4)cc3)cc2)c1. The quantitative estimate of drug-likeness (QED) is 0.144. The van der Waals surface area contributed by atoms with Crippen LogP contribution in [-0.2, 0) is 6.42 Å². The van der Waals surface area contributed by atoms with Gasteiger partial charge in [0, 0.05) is 66.6 Å². The van der Waals surface area contributed by atoms with Crippen LogP contribution in [0.4, 0.5) is 17.1 Å². The molecule has 0 radical (unpaired) electrons. The number of rotatable bonds is 9. The first-order chi connectivity index (χ1) is 38.1. The van der Waals surface area contributed by atoms with Crippen LogP contribution in [0.25, 0.3) is 105 Å². The van der Waals surface area contributed by atoms with E-state index in [2.05, 4.69) is 270 Å². The molecule has 3 aromatic heterocycles. The van der Waals surface area contributed by atoms with Gasteiger partial charge in [0.25, 0.3) is 0 Å². The van der Waals surface area contributed by atoms with Crippen LogP contribution in [0.2, 0.25) is 0 Å². The molecular formula is C73H53N3O. The van der Waals surface area contributed by atoms with Crippen molar-refractivity contribution in [3.8, 4) is 33.6 Å². The van der Waals surface area contributed by atoms with E-state index in [-0.39, 0.29) is 0 Å². The van der Waals surface area contributed by atoms with E-state index in [1.807, 2.05) is 6.07 Å². The maximum Gasteiger partial charge on any atom is 0.143 e. The summed E-state index contributed by atoms with van der Waals surface area (Å²) in [6.45, 7) is 2.21. The number of anilines is 3. The Kier molecular flexibility index (Phi) is 10.7. The van der Waals surface area contributed by atoms with Crippen LogP contribution in [-0.4, -0.2) is 9.13 Å². The van der Waals surface area contributed by atoms with Gasteiger partial charge < -0.3 is 18.5 Å². The third-order valence-corrected chi connectivity index (χ3v) is 16.2. The van der Waals surface area contributed by atoms with Gasteiger partial charge in [-0.1, -0.05) is 164 Å². The van der Waals surface area contributed by atoms with Crippen LogP contribution in [0.5, 0.6) is 0 Å². The fourth-order valence-corrected chi connectivity index (χ4v) is 12.6. The van der Waals surface area contributed by atoms with E-state index in [1.54, 1.807) is 0 Å². The molecule has 0 aliphatic heterocycles. The Morgan fingerprint density at radius 1 is 0.442 bits per heavy atom. The van der Waals surface area contributed by atoms with E-state index < -0.39 is 0 Å². The fourth-order valence-electron chi connectivity index (χ4n) is 12.6. The van der Waals surface area contributed by atoms with E-state index in [4.69, 9.17) is 4.42 Å². The van der Waals surface area contributed by atoms with Crippen LogP contribution in [0.3, 0.4) is 0 Å². The molecule has 77 heavy (non-hydrogen) atoms. The predicted molar refractivity (Wildman–Crippen MR) is 324 cm³/mol. The molecule has 3 heterocycles. The molecule has 366 valence electrons. The second-order valence-corrected chi connectivity index (χ2v) is 20.7. The lowest BCUT2D eigenvalue weighted by Crippen LogP contribution is -2.10. The first kappa shape index (κ1) is 44.8. The third-order valence-electron chi connectivity index (χ3n) is 16.2. The number of benzene rings is 10. The number of hydrogen-bond acceptors (Lipinski definition) is 2. The molecule has 2 aliphatic rings. The summed E-state index contributed by atoms with van der Waals surface area (Å²) in [5.74, 6) is 0. The van der Waals surface area contributed by atoms with Crippen LogP contribution >= 0.6 is 0 Å². The summed E-state index contributed by atoms with van der Waals surface area (Å²) in [6.07, 6.45) is 13.4. The summed E-state index contributed by atoms with van der Waals surface area (Å²) in [4.78, 5) is 2.39. The summed E-state index contributed by atoms with van der Waals surface area (Å²) in [5.41, 5.74) is 24.8. The number of fused-ring (bicyclic) bond motifs is 9. The second-order valence-electron chi connectivity index (χ2n) is 20.7. The zero-order valence-electron chi connectivity index (χ0n) is 42.8. The van der Waals surface area contributed by atoms with Crippen molar-refractivity contribution in [2.75, 3.05) is 4.90 Å². The zero-order chi connectivity index (χ0) is 51.0. The van der Waals surface area contributed by atoms with Crippen molar-refractivity contribution in [1.29, 1.82) is 0 Å². The van der Waals surface area contributed by atoms with Crippen LogP contribution in [0.15, 0.2) is 253 Å². The predicted octanol–water partition coefficient (Wildman–Crippen LogP) is 20.0. The van der Waals surface area contributed by atoms with Gasteiger partial charge in [0.1, 0.15) is 11.2 Å². The van der Waals surface area contributed by atoms with Crippen LogP contribution < -0.4 is 4.90 Å². The molecule has 4 heteroatoms. The number of aromatic nitrogens is 2. The molecular weight excluding hydrogens is 935 g/mol. The Morgan fingerprint density at radius 3 is 1.73 bits per heavy atom. The summed E-state index contributed by atoms with van der Waals surface area (Å²) in [7, 11) is 0. The molecule has 0 amide bonds. The highest BCUT2D eigenvalue weighted by Gasteiger charge is 2.21. The third kappa shape index (κ3) is 7.59. The zero-order valence-corrected chi connectivity index (χ0v) is 42.8. The minimum atomic E-state index is 0.923. The van der Waals surface area contributed by atoms with Crippen molar-refractivity contribution < 1.29 is 4.42 Å². The average Bonchev–Trinajstić information content (AvgIpc) is 4.26. The molecule has 4 nitrogen and oxygen atoms in total. The molecule has 15 rings (SSSR count). The van der Waals surface area contributed by atoms with E-state index >= 15 is 0 Å². The van der Waals surface area contributed by atoms with E-state index in [1.165, 1.54) is 88.6 Å². The summed E-state index contributed by atoms with van der Waals surface area (Å²) >= 11 is 0. The first-order valence-electron chi connectivity index (χ1n) is 27.0. The summed E-state index contributed by atoms with van der Waals surface area (Å²) in [5, 5.41) is 6.24. The van der Waals surface area contributed by atoms with Crippen LogP contribution in [0.1, 0.15) is 47.2 Å².